The van der Waals surface area contributed by atoms with Crippen LogP contribution in [-0.4, -0.2) is 20.7 Å². The van der Waals surface area contributed by atoms with E-state index in [2.05, 4.69) is 5.32 Å². The lowest BCUT2D eigenvalue weighted by Gasteiger charge is -2.08. The van der Waals surface area contributed by atoms with Crippen molar-refractivity contribution in [3.05, 3.63) is 34.6 Å². The molecule has 0 saturated carbocycles. The Labute approximate surface area is 101 Å². The minimum atomic E-state index is -3.42. The number of halogens is 1. The summed E-state index contributed by atoms with van der Waals surface area (Å²) < 4.78 is 34.7. The third-order valence-electron chi connectivity index (χ3n) is 2.39. The van der Waals surface area contributed by atoms with E-state index < -0.39 is 10.0 Å². The van der Waals surface area contributed by atoms with Crippen LogP contribution in [0.4, 0.5) is 4.39 Å². The Bertz CT molecular complexity index is 477. The fourth-order valence-electron chi connectivity index (χ4n) is 1.58. The first-order valence-electron chi connectivity index (χ1n) is 5.26. The van der Waals surface area contributed by atoms with Crippen molar-refractivity contribution >= 4 is 10.0 Å². The van der Waals surface area contributed by atoms with Gasteiger partial charge in [-0.05, 0) is 30.5 Å². The molecule has 1 rings (SSSR count). The van der Waals surface area contributed by atoms with E-state index in [9.17, 15) is 12.8 Å². The number of rotatable bonds is 5. The average molecular weight is 260 g/mol. The molecule has 0 aliphatic heterocycles. The first-order valence-corrected chi connectivity index (χ1v) is 6.98. The van der Waals surface area contributed by atoms with Crippen molar-refractivity contribution in [1.82, 2.24) is 5.32 Å². The Morgan fingerprint density at radius 2 is 1.82 bits per heavy atom. The van der Waals surface area contributed by atoms with Gasteiger partial charge in [0.2, 0.25) is 10.0 Å². The second-order valence-corrected chi connectivity index (χ2v) is 5.82. The Morgan fingerprint density at radius 3 is 2.29 bits per heavy atom. The summed E-state index contributed by atoms with van der Waals surface area (Å²) in [7, 11) is -3.42. The molecular formula is C11H17FN2O2S. The molecule has 0 fully saturated rings. The van der Waals surface area contributed by atoms with Gasteiger partial charge in [-0.15, -0.1) is 0 Å². The van der Waals surface area contributed by atoms with Crippen LogP contribution in [-0.2, 0) is 16.6 Å². The van der Waals surface area contributed by atoms with Gasteiger partial charge in [-0.25, -0.2) is 17.9 Å². The van der Waals surface area contributed by atoms with Crippen molar-refractivity contribution in [3.63, 3.8) is 0 Å². The Kier molecular flexibility index (Phi) is 4.62. The lowest BCUT2D eigenvalue weighted by Crippen LogP contribution is -2.26. The smallest absolute Gasteiger partial charge is 0.210 e. The Balaban J connectivity index is 2.53. The summed E-state index contributed by atoms with van der Waals surface area (Å²) in [4.78, 5) is 0. The summed E-state index contributed by atoms with van der Waals surface area (Å²) in [5.41, 5.74) is 2.11. The molecule has 6 heteroatoms. The summed E-state index contributed by atoms with van der Waals surface area (Å²) >= 11 is 0. The summed E-state index contributed by atoms with van der Waals surface area (Å²) in [6, 6.07) is 3.48. The molecule has 0 aromatic heterocycles. The van der Waals surface area contributed by atoms with E-state index in [1.165, 1.54) is 0 Å². The maximum absolute atomic E-state index is 13.3. The maximum atomic E-state index is 13.3. The number of nitrogens with two attached hydrogens (primary N) is 1. The number of aryl methyl sites for hydroxylation is 2. The molecule has 0 unspecified atom stereocenters. The van der Waals surface area contributed by atoms with E-state index in [1.54, 1.807) is 26.0 Å². The van der Waals surface area contributed by atoms with Crippen LogP contribution in [0.1, 0.15) is 16.7 Å². The molecule has 0 heterocycles. The highest BCUT2D eigenvalue weighted by atomic mass is 32.2. The first-order chi connectivity index (χ1) is 7.79. The van der Waals surface area contributed by atoms with Crippen molar-refractivity contribution in [2.24, 2.45) is 5.14 Å². The van der Waals surface area contributed by atoms with Crippen LogP contribution in [0.3, 0.4) is 0 Å². The van der Waals surface area contributed by atoms with E-state index >= 15 is 0 Å². The van der Waals surface area contributed by atoms with E-state index in [0.717, 1.165) is 5.56 Å². The number of sulfonamides is 1. The molecule has 4 nitrogen and oxygen atoms in total. The van der Waals surface area contributed by atoms with Crippen LogP contribution in [0.2, 0.25) is 0 Å². The molecule has 1 aromatic rings. The predicted octanol–water partition coefficient (Wildman–Crippen LogP) is 0.821. The van der Waals surface area contributed by atoms with Crippen molar-refractivity contribution in [2.45, 2.75) is 20.4 Å². The summed E-state index contributed by atoms with van der Waals surface area (Å²) in [6.07, 6.45) is 0. The first kappa shape index (κ1) is 14.1. The Morgan fingerprint density at radius 1 is 1.29 bits per heavy atom. The predicted molar refractivity (Wildman–Crippen MR) is 65.6 cm³/mol. The zero-order chi connectivity index (χ0) is 13.1. The molecule has 0 atom stereocenters. The van der Waals surface area contributed by atoms with Gasteiger partial charge >= 0.3 is 0 Å². The van der Waals surface area contributed by atoms with Crippen LogP contribution in [0.5, 0.6) is 0 Å². The van der Waals surface area contributed by atoms with Gasteiger partial charge in [0, 0.05) is 13.1 Å². The molecule has 0 aliphatic carbocycles. The van der Waals surface area contributed by atoms with Crippen molar-refractivity contribution < 1.29 is 12.8 Å². The van der Waals surface area contributed by atoms with Gasteiger partial charge in [-0.1, -0.05) is 12.1 Å². The molecule has 0 aliphatic rings. The highest BCUT2D eigenvalue weighted by Gasteiger charge is 2.05. The third-order valence-corrected chi connectivity index (χ3v) is 3.16. The second kappa shape index (κ2) is 5.57. The van der Waals surface area contributed by atoms with E-state index in [0.29, 0.717) is 17.7 Å². The number of hydrogen-bond donors (Lipinski definition) is 2. The maximum Gasteiger partial charge on any atom is 0.210 e. The van der Waals surface area contributed by atoms with E-state index in [4.69, 9.17) is 5.14 Å². The quantitative estimate of drug-likeness (QED) is 0.770. The summed E-state index contributed by atoms with van der Waals surface area (Å²) in [5, 5.41) is 7.82. The normalized spacial score (nSPS) is 11.8. The number of nitrogens with one attached hydrogen (secondary N) is 1. The zero-order valence-electron chi connectivity index (χ0n) is 9.96. The summed E-state index contributed by atoms with van der Waals surface area (Å²) in [6.45, 7) is 4.19. The highest BCUT2D eigenvalue weighted by Crippen LogP contribution is 2.14. The van der Waals surface area contributed by atoms with Crippen molar-refractivity contribution in [3.8, 4) is 0 Å². The molecule has 0 radical (unpaired) electrons. The minimum absolute atomic E-state index is 0.105. The largest absolute Gasteiger partial charge is 0.312 e. The van der Waals surface area contributed by atoms with Crippen LogP contribution in [0.15, 0.2) is 12.1 Å². The van der Waals surface area contributed by atoms with Crippen LogP contribution in [0, 0.1) is 19.7 Å². The third kappa shape index (κ3) is 4.80. The highest BCUT2D eigenvalue weighted by molar-refractivity contribution is 7.89. The van der Waals surface area contributed by atoms with Crippen LogP contribution >= 0.6 is 0 Å². The van der Waals surface area contributed by atoms with Crippen LogP contribution in [0.25, 0.3) is 0 Å². The average Bonchev–Trinajstić information content (AvgIpc) is 2.19. The van der Waals surface area contributed by atoms with Crippen LogP contribution < -0.4 is 10.5 Å². The molecule has 0 saturated heterocycles. The van der Waals surface area contributed by atoms with Gasteiger partial charge < -0.3 is 5.32 Å². The van der Waals surface area contributed by atoms with Crippen molar-refractivity contribution in [2.75, 3.05) is 12.3 Å². The molecular weight excluding hydrogens is 243 g/mol. The number of benzene rings is 1. The molecule has 96 valence electrons. The lowest BCUT2D eigenvalue weighted by molar-refractivity contribution is 0.592. The molecule has 0 spiro atoms. The van der Waals surface area contributed by atoms with Gasteiger partial charge in [-0.3, -0.25) is 0 Å². The van der Waals surface area contributed by atoms with Crippen molar-refractivity contribution in [1.29, 1.82) is 0 Å². The fourth-order valence-corrected chi connectivity index (χ4v) is 2.01. The summed E-state index contributed by atoms with van der Waals surface area (Å²) in [5.74, 6) is -0.301. The SMILES string of the molecule is Cc1cc(CNCCS(N)(=O)=O)cc(C)c1F. The lowest BCUT2D eigenvalue weighted by atomic mass is 10.1. The van der Waals surface area contributed by atoms with Gasteiger partial charge in [-0.2, -0.15) is 0 Å². The topological polar surface area (TPSA) is 72.2 Å². The number of hydrogen-bond acceptors (Lipinski definition) is 3. The van der Waals surface area contributed by atoms with Gasteiger partial charge in [0.05, 0.1) is 5.75 Å². The fraction of sp³-hybridized carbons (Fsp3) is 0.455. The van der Waals surface area contributed by atoms with E-state index in [1.807, 2.05) is 0 Å². The van der Waals surface area contributed by atoms with E-state index in [-0.39, 0.29) is 18.1 Å². The van der Waals surface area contributed by atoms with Gasteiger partial charge in [0.25, 0.3) is 0 Å². The minimum Gasteiger partial charge on any atom is -0.312 e. The molecule has 0 bridgehead atoms. The number of primary sulfonamides is 1. The second-order valence-electron chi connectivity index (χ2n) is 4.09. The molecule has 3 N–H and O–H groups in total. The van der Waals surface area contributed by atoms with Gasteiger partial charge in [0.15, 0.2) is 0 Å². The zero-order valence-corrected chi connectivity index (χ0v) is 10.8. The standard InChI is InChI=1S/C11H17FN2O2S/c1-8-5-10(6-9(2)11(8)12)7-14-3-4-17(13,15)16/h5-6,14H,3-4,7H2,1-2H3,(H2,13,15,16). The molecule has 0 amide bonds. The molecule has 17 heavy (non-hydrogen) atoms. The van der Waals surface area contributed by atoms with Gasteiger partial charge in [0.1, 0.15) is 5.82 Å². The molecule has 1 aromatic carbocycles. The monoisotopic (exact) mass is 260 g/mol. The Hall–Kier alpha value is -0.980.